The largest absolute Gasteiger partial charge is 0.478 e. The van der Waals surface area contributed by atoms with E-state index in [4.69, 9.17) is 5.11 Å². The van der Waals surface area contributed by atoms with Gasteiger partial charge < -0.3 is 9.84 Å². The van der Waals surface area contributed by atoms with Crippen molar-refractivity contribution in [3.8, 4) is 0 Å². The molecule has 19 heavy (non-hydrogen) atoms. The van der Waals surface area contributed by atoms with E-state index in [-0.39, 0.29) is 17.9 Å². The zero-order valence-corrected chi connectivity index (χ0v) is 11.1. The Balaban J connectivity index is 2.73. The second-order valence-corrected chi connectivity index (χ2v) is 5.90. The maximum Gasteiger partial charge on any atom is 0.335 e. The number of carbonyl (C=O) groups excluding carboxylic acids is 1. The maximum atomic E-state index is 11.7. The number of carboxylic acids is 1. The van der Waals surface area contributed by atoms with E-state index in [1.54, 1.807) is 6.92 Å². The number of rotatable bonds is 6. The average Bonchev–Trinajstić information content (AvgIpc) is 2.28. The summed E-state index contributed by atoms with van der Waals surface area (Å²) in [6.45, 7) is 1.72. The smallest absolute Gasteiger partial charge is 0.335 e. The van der Waals surface area contributed by atoms with Crippen molar-refractivity contribution in [3.63, 3.8) is 0 Å². The molecular weight excluding hydrogens is 272 g/mol. The van der Waals surface area contributed by atoms with Crippen LogP contribution in [0, 0.1) is 0 Å². The molecule has 0 aliphatic carbocycles. The van der Waals surface area contributed by atoms with Gasteiger partial charge in [0.05, 0.1) is 17.9 Å². The molecule has 0 aromatic heterocycles. The van der Waals surface area contributed by atoms with E-state index in [2.05, 4.69) is 4.74 Å². The van der Waals surface area contributed by atoms with Gasteiger partial charge in [-0.15, -0.1) is 0 Å². The second kappa shape index (κ2) is 6.33. The standard InChI is InChI=1S/C12H14O6S/c1-2-18-11(13)8-19(16,17)7-9-3-5-10(6-4-9)12(14)15/h3-6H,2,7-8H2,1H3,(H,14,15). The fourth-order valence-corrected chi connectivity index (χ4v) is 2.68. The van der Waals surface area contributed by atoms with E-state index in [0.29, 0.717) is 5.56 Å². The lowest BCUT2D eigenvalue weighted by molar-refractivity contribution is -0.139. The molecule has 0 unspecified atom stereocenters. The molecule has 0 fully saturated rings. The van der Waals surface area contributed by atoms with Crippen molar-refractivity contribution in [2.45, 2.75) is 12.7 Å². The van der Waals surface area contributed by atoms with Crippen LogP contribution in [-0.2, 0) is 25.1 Å². The number of benzene rings is 1. The number of ether oxygens (including phenoxy) is 1. The van der Waals surface area contributed by atoms with Crippen LogP contribution in [0.5, 0.6) is 0 Å². The quantitative estimate of drug-likeness (QED) is 0.779. The summed E-state index contributed by atoms with van der Waals surface area (Å²) in [7, 11) is -3.61. The minimum atomic E-state index is -3.61. The third-order valence-corrected chi connectivity index (χ3v) is 3.68. The molecule has 0 aliphatic heterocycles. The Morgan fingerprint density at radius 1 is 1.21 bits per heavy atom. The van der Waals surface area contributed by atoms with Crippen molar-refractivity contribution in [1.29, 1.82) is 0 Å². The molecular formula is C12H14O6S. The summed E-state index contributed by atoms with van der Waals surface area (Å²) < 4.78 is 27.9. The summed E-state index contributed by atoms with van der Waals surface area (Å²) >= 11 is 0. The van der Waals surface area contributed by atoms with Crippen LogP contribution < -0.4 is 0 Å². The molecule has 0 bridgehead atoms. The molecule has 1 rings (SSSR count). The topological polar surface area (TPSA) is 97.7 Å². The predicted octanol–water partition coefficient (Wildman–Crippen LogP) is 0.863. The molecule has 1 N–H and O–H groups in total. The highest BCUT2D eigenvalue weighted by Crippen LogP contribution is 2.09. The minimum Gasteiger partial charge on any atom is -0.478 e. The zero-order valence-electron chi connectivity index (χ0n) is 10.3. The molecule has 6 nitrogen and oxygen atoms in total. The van der Waals surface area contributed by atoms with Crippen LogP contribution >= 0.6 is 0 Å². The van der Waals surface area contributed by atoms with E-state index < -0.39 is 27.5 Å². The second-order valence-electron chi connectivity index (χ2n) is 3.84. The van der Waals surface area contributed by atoms with Crippen molar-refractivity contribution < 1.29 is 27.9 Å². The van der Waals surface area contributed by atoms with Crippen LogP contribution in [0.2, 0.25) is 0 Å². The van der Waals surface area contributed by atoms with Crippen LogP contribution in [0.3, 0.4) is 0 Å². The summed E-state index contributed by atoms with van der Waals surface area (Å²) in [5, 5.41) is 8.71. The van der Waals surface area contributed by atoms with Crippen molar-refractivity contribution in [2.24, 2.45) is 0 Å². The van der Waals surface area contributed by atoms with Gasteiger partial charge in [-0.1, -0.05) is 12.1 Å². The van der Waals surface area contributed by atoms with Gasteiger partial charge in [-0.05, 0) is 24.6 Å². The fraction of sp³-hybridized carbons (Fsp3) is 0.333. The molecule has 0 spiro atoms. The van der Waals surface area contributed by atoms with Gasteiger partial charge in [-0.2, -0.15) is 0 Å². The molecule has 0 heterocycles. The maximum absolute atomic E-state index is 11.7. The molecule has 1 aromatic carbocycles. The van der Waals surface area contributed by atoms with Crippen LogP contribution in [-0.4, -0.2) is 37.8 Å². The highest BCUT2D eigenvalue weighted by molar-refractivity contribution is 7.91. The lowest BCUT2D eigenvalue weighted by Crippen LogP contribution is -2.20. The number of sulfone groups is 1. The summed E-state index contributed by atoms with van der Waals surface area (Å²) in [5.41, 5.74) is 0.501. The lowest BCUT2D eigenvalue weighted by atomic mass is 10.1. The van der Waals surface area contributed by atoms with E-state index in [1.807, 2.05) is 0 Å². The molecule has 0 amide bonds. The van der Waals surface area contributed by atoms with Gasteiger partial charge in [0.1, 0.15) is 5.75 Å². The van der Waals surface area contributed by atoms with Crippen molar-refractivity contribution in [2.75, 3.05) is 12.4 Å². The van der Waals surface area contributed by atoms with Crippen LogP contribution in [0.1, 0.15) is 22.8 Å². The number of esters is 1. The summed E-state index contributed by atoms with van der Waals surface area (Å²) in [4.78, 5) is 21.7. The molecule has 0 aliphatic rings. The number of hydrogen-bond acceptors (Lipinski definition) is 5. The van der Waals surface area contributed by atoms with Crippen molar-refractivity contribution >= 4 is 21.8 Å². The molecule has 0 radical (unpaired) electrons. The average molecular weight is 286 g/mol. The van der Waals surface area contributed by atoms with Crippen LogP contribution in [0.4, 0.5) is 0 Å². The van der Waals surface area contributed by atoms with Crippen LogP contribution in [0.15, 0.2) is 24.3 Å². The first kappa shape index (κ1) is 15.2. The van der Waals surface area contributed by atoms with Gasteiger partial charge in [0.2, 0.25) is 0 Å². The molecule has 0 saturated carbocycles. The van der Waals surface area contributed by atoms with Gasteiger partial charge in [0.15, 0.2) is 9.84 Å². The first-order valence-electron chi connectivity index (χ1n) is 5.52. The Morgan fingerprint density at radius 2 is 1.79 bits per heavy atom. The van der Waals surface area contributed by atoms with Gasteiger partial charge in [0, 0.05) is 0 Å². The van der Waals surface area contributed by atoms with E-state index in [9.17, 15) is 18.0 Å². The molecule has 0 atom stereocenters. The van der Waals surface area contributed by atoms with Crippen molar-refractivity contribution in [3.05, 3.63) is 35.4 Å². The first-order chi connectivity index (χ1) is 8.84. The molecule has 7 heteroatoms. The Hall–Kier alpha value is -1.89. The van der Waals surface area contributed by atoms with Gasteiger partial charge in [-0.25, -0.2) is 13.2 Å². The van der Waals surface area contributed by atoms with Crippen molar-refractivity contribution in [1.82, 2.24) is 0 Å². The van der Waals surface area contributed by atoms with Gasteiger partial charge >= 0.3 is 11.9 Å². The predicted molar refractivity (Wildman–Crippen MR) is 67.5 cm³/mol. The molecule has 104 valence electrons. The molecule has 1 aromatic rings. The lowest BCUT2D eigenvalue weighted by Gasteiger charge is -2.05. The van der Waals surface area contributed by atoms with E-state index in [0.717, 1.165) is 0 Å². The summed E-state index contributed by atoms with van der Waals surface area (Å²) in [6, 6.07) is 5.45. The Bertz CT molecular complexity index is 558. The minimum absolute atomic E-state index is 0.0755. The summed E-state index contributed by atoms with van der Waals surface area (Å²) in [5.74, 6) is -2.88. The Kier molecular flexibility index (Phi) is 5.05. The highest BCUT2D eigenvalue weighted by atomic mass is 32.2. The Morgan fingerprint density at radius 3 is 2.26 bits per heavy atom. The zero-order chi connectivity index (χ0) is 14.5. The number of carbonyl (C=O) groups is 2. The van der Waals surface area contributed by atoms with Gasteiger partial charge in [-0.3, -0.25) is 4.79 Å². The van der Waals surface area contributed by atoms with E-state index in [1.165, 1.54) is 24.3 Å². The summed E-state index contributed by atoms with van der Waals surface area (Å²) in [6.07, 6.45) is 0. The number of carboxylic acid groups (broad SMARTS) is 1. The number of hydrogen-bond donors (Lipinski definition) is 1. The normalized spacial score (nSPS) is 11.0. The van der Waals surface area contributed by atoms with Gasteiger partial charge in [0.25, 0.3) is 0 Å². The highest BCUT2D eigenvalue weighted by Gasteiger charge is 2.18. The first-order valence-corrected chi connectivity index (χ1v) is 7.34. The van der Waals surface area contributed by atoms with E-state index >= 15 is 0 Å². The monoisotopic (exact) mass is 286 g/mol. The third kappa shape index (κ3) is 5.09. The third-order valence-electron chi connectivity index (χ3n) is 2.23. The molecule has 0 saturated heterocycles. The number of aromatic carboxylic acids is 1. The van der Waals surface area contributed by atoms with Crippen LogP contribution in [0.25, 0.3) is 0 Å². The SMILES string of the molecule is CCOC(=O)CS(=O)(=O)Cc1ccc(C(=O)O)cc1. The Labute approximate surface area is 110 Å². The fourth-order valence-electron chi connectivity index (χ4n) is 1.43.